The summed E-state index contributed by atoms with van der Waals surface area (Å²) in [6.45, 7) is 7.75. The maximum atomic E-state index is 10.6. The number of hydrogen-bond donors (Lipinski definition) is 3. The summed E-state index contributed by atoms with van der Waals surface area (Å²) in [7, 11) is 0. The van der Waals surface area contributed by atoms with E-state index < -0.39 is 12.0 Å². The Bertz CT molecular complexity index is 186. The van der Waals surface area contributed by atoms with Crippen molar-refractivity contribution >= 4 is 5.97 Å². The van der Waals surface area contributed by atoms with Crippen LogP contribution in [0.4, 0.5) is 0 Å². The van der Waals surface area contributed by atoms with E-state index in [1.54, 1.807) is 6.92 Å². The average molecular weight is 203 g/mol. The van der Waals surface area contributed by atoms with Gasteiger partial charge >= 0.3 is 5.97 Å². The van der Waals surface area contributed by atoms with Crippen LogP contribution in [0.1, 0.15) is 34.1 Å². The minimum atomic E-state index is -0.864. The quantitative estimate of drug-likeness (QED) is 0.619. The Balaban J connectivity index is 4.30. The van der Waals surface area contributed by atoms with E-state index in [0.29, 0.717) is 6.42 Å². The molecule has 0 aromatic carbocycles. The van der Waals surface area contributed by atoms with Crippen molar-refractivity contribution in [1.29, 1.82) is 0 Å². The topological polar surface area (TPSA) is 69.6 Å². The number of aliphatic hydroxyl groups is 1. The molecule has 0 radical (unpaired) electrons. The summed E-state index contributed by atoms with van der Waals surface area (Å²) in [5.74, 6) is -0.864. The summed E-state index contributed by atoms with van der Waals surface area (Å²) in [5.41, 5.74) is -0.0492. The summed E-state index contributed by atoms with van der Waals surface area (Å²) in [6.07, 6.45) is 0.571. The molecule has 0 spiro atoms. The molecule has 0 aliphatic carbocycles. The zero-order valence-electron chi connectivity index (χ0n) is 9.37. The van der Waals surface area contributed by atoms with Gasteiger partial charge in [-0.2, -0.15) is 0 Å². The van der Waals surface area contributed by atoms with Crippen molar-refractivity contribution in [3.8, 4) is 0 Å². The van der Waals surface area contributed by atoms with Gasteiger partial charge in [0.05, 0.1) is 0 Å². The molecule has 0 heterocycles. The Morgan fingerprint density at radius 3 is 2.21 bits per heavy atom. The molecule has 0 aromatic rings. The molecule has 0 saturated carbocycles. The van der Waals surface area contributed by atoms with E-state index in [0.717, 1.165) is 0 Å². The number of carbonyl (C=O) groups is 1. The predicted molar refractivity (Wildman–Crippen MR) is 55.2 cm³/mol. The predicted octanol–water partition coefficient (Wildman–Crippen LogP) is 0.846. The van der Waals surface area contributed by atoms with Crippen LogP contribution in [0, 0.1) is 5.41 Å². The van der Waals surface area contributed by atoms with Crippen LogP contribution >= 0.6 is 0 Å². The summed E-state index contributed by atoms with van der Waals surface area (Å²) in [5, 5.41) is 20.6. The molecule has 0 aliphatic rings. The molecule has 84 valence electrons. The molecule has 0 amide bonds. The standard InChI is InChI=1S/C10H21NO3/c1-7(9(13)14)11-8(5-6-12)10(2,3)4/h7-8,11-12H,5-6H2,1-4H3,(H,13,14). The lowest BCUT2D eigenvalue weighted by molar-refractivity contribution is -0.139. The second-order valence-electron chi connectivity index (χ2n) is 4.66. The average Bonchev–Trinajstić information content (AvgIpc) is 2.01. The van der Waals surface area contributed by atoms with Gasteiger partial charge in [-0.05, 0) is 18.8 Å². The third-order valence-corrected chi connectivity index (χ3v) is 2.28. The molecule has 2 atom stereocenters. The van der Waals surface area contributed by atoms with Gasteiger partial charge in [0.15, 0.2) is 0 Å². The minimum absolute atomic E-state index is 0.0126. The highest BCUT2D eigenvalue weighted by molar-refractivity contribution is 5.72. The molecule has 4 nitrogen and oxygen atoms in total. The number of aliphatic carboxylic acids is 1. The van der Waals surface area contributed by atoms with Gasteiger partial charge in [-0.1, -0.05) is 20.8 Å². The first-order valence-electron chi connectivity index (χ1n) is 4.88. The van der Waals surface area contributed by atoms with Gasteiger partial charge in [-0.25, -0.2) is 0 Å². The van der Waals surface area contributed by atoms with Crippen molar-refractivity contribution < 1.29 is 15.0 Å². The van der Waals surface area contributed by atoms with Crippen molar-refractivity contribution in [2.24, 2.45) is 5.41 Å². The fourth-order valence-electron chi connectivity index (χ4n) is 1.27. The summed E-state index contributed by atoms with van der Waals surface area (Å²) >= 11 is 0. The maximum absolute atomic E-state index is 10.6. The zero-order valence-corrected chi connectivity index (χ0v) is 9.37. The van der Waals surface area contributed by atoms with Gasteiger partial charge in [0.1, 0.15) is 6.04 Å². The van der Waals surface area contributed by atoms with Crippen molar-refractivity contribution in [3.05, 3.63) is 0 Å². The van der Waals surface area contributed by atoms with Crippen LogP contribution in [0.25, 0.3) is 0 Å². The second kappa shape index (κ2) is 5.32. The number of carboxylic acid groups (broad SMARTS) is 1. The summed E-state index contributed by atoms with van der Waals surface area (Å²) in [6, 6.07) is -0.565. The molecular weight excluding hydrogens is 182 g/mol. The van der Waals surface area contributed by atoms with Crippen LogP contribution < -0.4 is 5.32 Å². The van der Waals surface area contributed by atoms with Gasteiger partial charge in [-0.3, -0.25) is 4.79 Å². The number of hydrogen-bond acceptors (Lipinski definition) is 3. The Labute approximate surface area is 85.3 Å². The number of aliphatic hydroxyl groups excluding tert-OH is 1. The molecule has 0 fully saturated rings. The van der Waals surface area contributed by atoms with E-state index in [9.17, 15) is 4.79 Å². The van der Waals surface area contributed by atoms with Gasteiger partial charge in [0.25, 0.3) is 0 Å². The highest BCUT2D eigenvalue weighted by Crippen LogP contribution is 2.21. The van der Waals surface area contributed by atoms with Crippen LogP contribution in [0.15, 0.2) is 0 Å². The van der Waals surface area contributed by atoms with E-state index in [2.05, 4.69) is 5.32 Å². The number of rotatable bonds is 5. The molecule has 0 saturated heterocycles. The Morgan fingerprint density at radius 1 is 1.43 bits per heavy atom. The maximum Gasteiger partial charge on any atom is 0.320 e. The molecule has 0 aliphatic heterocycles. The van der Waals surface area contributed by atoms with Gasteiger partial charge in [0.2, 0.25) is 0 Å². The highest BCUT2D eigenvalue weighted by atomic mass is 16.4. The summed E-state index contributed by atoms with van der Waals surface area (Å²) < 4.78 is 0. The molecule has 0 bridgehead atoms. The first-order valence-corrected chi connectivity index (χ1v) is 4.88. The molecule has 0 rings (SSSR count). The smallest absolute Gasteiger partial charge is 0.320 e. The first kappa shape index (κ1) is 13.4. The Hall–Kier alpha value is -0.610. The molecule has 14 heavy (non-hydrogen) atoms. The Kier molecular flexibility index (Phi) is 5.08. The molecule has 4 heteroatoms. The fourth-order valence-corrected chi connectivity index (χ4v) is 1.27. The van der Waals surface area contributed by atoms with Crippen LogP contribution in [0.3, 0.4) is 0 Å². The van der Waals surface area contributed by atoms with Crippen molar-refractivity contribution in [2.45, 2.75) is 46.2 Å². The third kappa shape index (κ3) is 4.58. The van der Waals surface area contributed by atoms with Crippen LogP contribution in [0.2, 0.25) is 0 Å². The lowest BCUT2D eigenvalue weighted by atomic mass is 9.84. The van der Waals surface area contributed by atoms with Crippen LogP contribution in [0.5, 0.6) is 0 Å². The van der Waals surface area contributed by atoms with Crippen LogP contribution in [-0.4, -0.2) is 34.9 Å². The van der Waals surface area contributed by atoms with E-state index in [1.807, 2.05) is 20.8 Å². The van der Waals surface area contributed by atoms with Crippen molar-refractivity contribution in [1.82, 2.24) is 5.32 Å². The van der Waals surface area contributed by atoms with Gasteiger partial charge in [-0.15, -0.1) is 0 Å². The van der Waals surface area contributed by atoms with Gasteiger partial charge in [0, 0.05) is 12.6 Å². The van der Waals surface area contributed by atoms with E-state index in [4.69, 9.17) is 10.2 Å². The van der Waals surface area contributed by atoms with Crippen LogP contribution in [-0.2, 0) is 4.79 Å². The van der Waals surface area contributed by atoms with Crippen molar-refractivity contribution in [2.75, 3.05) is 6.61 Å². The highest BCUT2D eigenvalue weighted by Gasteiger charge is 2.26. The molecule has 3 N–H and O–H groups in total. The second-order valence-corrected chi connectivity index (χ2v) is 4.66. The Morgan fingerprint density at radius 2 is 1.93 bits per heavy atom. The SMILES string of the molecule is CC(NC(CCO)C(C)(C)C)C(=O)O. The molecule has 0 aromatic heterocycles. The normalized spacial score (nSPS) is 16.4. The number of nitrogens with one attached hydrogen (secondary N) is 1. The third-order valence-electron chi connectivity index (χ3n) is 2.28. The van der Waals surface area contributed by atoms with E-state index >= 15 is 0 Å². The zero-order chi connectivity index (χ0) is 11.4. The lowest BCUT2D eigenvalue weighted by Crippen LogP contribution is -2.48. The van der Waals surface area contributed by atoms with Gasteiger partial charge < -0.3 is 15.5 Å². The van der Waals surface area contributed by atoms with Crippen molar-refractivity contribution in [3.63, 3.8) is 0 Å². The first-order chi connectivity index (χ1) is 6.29. The lowest BCUT2D eigenvalue weighted by Gasteiger charge is -2.32. The number of carboxylic acids is 1. The van der Waals surface area contributed by atoms with E-state index in [1.165, 1.54) is 0 Å². The van der Waals surface area contributed by atoms with E-state index in [-0.39, 0.29) is 18.1 Å². The molecule has 2 unspecified atom stereocenters. The fraction of sp³-hybridized carbons (Fsp3) is 0.900. The monoisotopic (exact) mass is 203 g/mol. The largest absolute Gasteiger partial charge is 0.480 e. The summed E-state index contributed by atoms with van der Waals surface area (Å²) in [4.78, 5) is 10.6. The molecular formula is C10H21NO3. The minimum Gasteiger partial charge on any atom is -0.480 e.